The Bertz CT molecular complexity index is 442. The van der Waals surface area contributed by atoms with E-state index in [9.17, 15) is 9.18 Å². The molecule has 0 unspecified atom stereocenters. The number of hydrogen-bond acceptors (Lipinski definition) is 2. The van der Waals surface area contributed by atoms with Gasteiger partial charge in [-0.15, -0.1) is 0 Å². The van der Waals surface area contributed by atoms with Gasteiger partial charge in [0.25, 0.3) is 0 Å². The van der Waals surface area contributed by atoms with Gasteiger partial charge >= 0.3 is 5.97 Å². The predicted molar refractivity (Wildman–Crippen MR) is 66.1 cm³/mol. The summed E-state index contributed by atoms with van der Waals surface area (Å²) in [4.78, 5) is 11.4. The molecule has 1 rings (SSSR count). The fourth-order valence-electron chi connectivity index (χ4n) is 1.27. The van der Waals surface area contributed by atoms with Crippen molar-refractivity contribution >= 4 is 12.0 Å². The zero-order valence-electron chi connectivity index (χ0n) is 10.6. The summed E-state index contributed by atoms with van der Waals surface area (Å²) in [5.41, 5.74) is 0.899. The number of benzene rings is 1. The zero-order chi connectivity index (χ0) is 13.1. The van der Waals surface area contributed by atoms with Crippen LogP contribution in [0.3, 0.4) is 0 Å². The minimum Gasteiger partial charge on any atom is -0.455 e. The highest BCUT2D eigenvalue weighted by molar-refractivity contribution is 5.91. The third kappa shape index (κ3) is 4.39. The molecule has 0 saturated heterocycles. The third-order valence-corrected chi connectivity index (χ3v) is 2.06. The van der Waals surface area contributed by atoms with Crippen LogP contribution in [0, 0.1) is 6.92 Å². The number of carbonyl (C=O) groups is 1. The van der Waals surface area contributed by atoms with E-state index >= 15 is 0 Å². The molecule has 0 aromatic heterocycles. The second kappa shape index (κ2) is 5.13. The number of ether oxygens (including phenoxy) is 1. The van der Waals surface area contributed by atoms with E-state index in [0.29, 0.717) is 5.56 Å². The van der Waals surface area contributed by atoms with Gasteiger partial charge in [-0.25, -0.2) is 4.79 Å². The molecule has 2 nitrogen and oxygen atoms in total. The van der Waals surface area contributed by atoms with Crippen LogP contribution in [0.25, 0.3) is 6.08 Å². The molecule has 0 saturated carbocycles. The van der Waals surface area contributed by atoms with Crippen molar-refractivity contribution in [3.63, 3.8) is 0 Å². The number of esters is 1. The highest BCUT2D eigenvalue weighted by atomic mass is 19.1. The van der Waals surface area contributed by atoms with Crippen LogP contribution in [0.2, 0.25) is 0 Å². The molecule has 0 N–H and O–H groups in total. The van der Waals surface area contributed by atoms with Crippen molar-refractivity contribution < 1.29 is 13.9 Å². The first kappa shape index (κ1) is 13.4. The summed E-state index contributed by atoms with van der Waals surface area (Å²) in [5, 5.41) is 0. The van der Waals surface area contributed by atoms with Crippen molar-refractivity contribution in [1.29, 1.82) is 0 Å². The molecule has 0 aliphatic carbocycles. The van der Waals surface area contributed by atoms with Gasteiger partial charge in [-0.2, -0.15) is 4.39 Å². The van der Waals surface area contributed by atoms with Crippen molar-refractivity contribution in [2.24, 2.45) is 0 Å². The van der Waals surface area contributed by atoms with Gasteiger partial charge in [-0.1, -0.05) is 24.3 Å². The van der Waals surface area contributed by atoms with Crippen LogP contribution in [0.4, 0.5) is 4.39 Å². The summed E-state index contributed by atoms with van der Waals surface area (Å²) in [7, 11) is 0. The topological polar surface area (TPSA) is 26.3 Å². The van der Waals surface area contributed by atoms with E-state index in [0.717, 1.165) is 5.56 Å². The van der Waals surface area contributed by atoms with E-state index in [2.05, 4.69) is 0 Å². The third-order valence-electron chi connectivity index (χ3n) is 2.06. The zero-order valence-corrected chi connectivity index (χ0v) is 10.6. The molecule has 0 bridgehead atoms. The second-order valence-electron chi connectivity index (χ2n) is 4.85. The Hall–Kier alpha value is -1.64. The largest absolute Gasteiger partial charge is 0.455 e. The Morgan fingerprint density at radius 1 is 1.29 bits per heavy atom. The van der Waals surface area contributed by atoms with Gasteiger partial charge in [0, 0.05) is 0 Å². The first-order valence-corrected chi connectivity index (χ1v) is 5.46. The quantitative estimate of drug-likeness (QED) is 0.578. The maximum absolute atomic E-state index is 13.6. The Balaban J connectivity index is 2.87. The van der Waals surface area contributed by atoms with Crippen LogP contribution in [0.15, 0.2) is 30.1 Å². The Kier molecular flexibility index (Phi) is 4.05. The van der Waals surface area contributed by atoms with Crippen LogP contribution >= 0.6 is 0 Å². The summed E-state index contributed by atoms with van der Waals surface area (Å²) < 4.78 is 18.5. The first-order valence-electron chi connectivity index (χ1n) is 5.46. The lowest BCUT2D eigenvalue weighted by Gasteiger charge is -2.18. The molecular weight excluding hydrogens is 219 g/mol. The first-order chi connectivity index (χ1) is 7.79. The van der Waals surface area contributed by atoms with Gasteiger partial charge in [-0.3, -0.25) is 0 Å². The maximum atomic E-state index is 13.6. The van der Waals surface area contributed by atoms with Crippen molar-refractivity contribution in [2.45, 2.75) is 33.3 Å². The summed E-state index contributed by atoms with van der Waals surface area (Å²) in [6.45, 7) is 6.96. The van der Waals surface area contributed by atoms with Gasteiger partial charge in [0.15, 0.2) is 0 Å². The number of halogens is 1. The molecule has 0 fully saturated rings. The van der Waals surface area contributed by atoms with Crippen molar-refractivity contribution in [2.75, 3.05) is 0 Å². The van der Waals surface area contributed by atoms with Crippen molar-refractivity contribution in [3.05, 3.63) is 41.2 Å². The fraction of sp³-hybridized carbons (Fsp3) is 0.357. The van der Waals surface area contributed by atoms with Crippen LogP contribution in [0.5, 0.6) is 0 Å². The molecule has 92 valence electrons. The Morgan fingerprint density at radius 2 is 1.88 bits per heavy atom. The highest BCUT2D eigenvalue weighted by Crippen LogP contribution is 2.16. The summed E-state index contributed by atoms with van der Waals surface area (Å²) in [6, 6.07) is 7.26. The minimum atomic E-state index is -0.930. The molecule has 1 aromatic rings. The molecule has 0 radical (unpaired) electrons. The lowest BCUT2D eigenvalue weighted by molar-refractivity contribution is -0.151. The Morgan fingerprint density at radius 3 is 2.41 bits per heavy atom. The molecule has 0 heterocycles. The van der Waals surface area contributed by atoms with Crippen molar-refractivity contribution in [3.8, 4) is 0 Å². The summed E-state index contributed by atoms with van der Waals surface area (Å²) in [5.74, 6) is -1.81. The van der Waals surface area contributed by atoms with Crippen LogP contribution in [-0.4, -0.2) is 11.6 Å². The van der Waals surface area contributed by atoms with Gasteiger partial charge in [0.1, 0.15) is 5.60 Å². The molecule has 0 spiro atoms. The number of carbonyl (C=O) groups excluding carboxylic acids is 1. The lowest BCUT2D eigenvalue weighted by Crippen LogP contribution is -2.24. The van der Waals surface area contributed by atoms with E-state index in [1.54, 1.807) is 32.9 Å². The van der Waals surface area contributed by atoms with E-state index in [1.807, 2.05) is 19.1 Å². The maximum Gasteiger partial charge on any atom is 0.367 e. The van der Waals surface area contributed by atoms with Gasteiger partial charge in [0.2, 0.25) is 5.83 Å². The SMILES string of the molecule is Cc1ccccc1/C=C(\F)C(=O)OC(C)(C)C. The van der Waals surface area contributed by atoms with Gasteiger partial charge in [0.05, 0.1) is 0 Å². The summed E-state index contributed by atoms with van der Waals surface area (Å²) in [6.07, 6.45) is 1.20. The monoisotopic (exact) mass is 236 g/mol. The van der Waals surface area contributed by atoms with E-state index in [4.69, 9.17) is 4.74 Å². The molecule has 0 amide bonds. The number of hydrogen-bond donors (Lipinski definition) is 0. The normalized spacial score (nSPS) is 12.4. The fourth-order valence-corrected chi connectivity index (χ4v) is 1.27. The molecular formula is C14H17FO2. The van der Waals surface area contributed by atoms with E-state index in [-0.39, 0.29) is 0 Å². The van der Waals surface area contributed by atoms with E-state index < -0.39 is 17.4 Å². The van der Waals surface area contributed by atoms with Crippen molar-refractivity contribution in [1.82, 2.24) is 0 Å². The second-order valence-corrected chi connectivity index (χ2v) is 4.85. The summed E-state index contributed by atoms with van der Waals surface area (Å²) >= 11 is 0. The standard InChI is InChI=1S/C14H17FO2/c1-10-7-5-6-8-11(10)9-12(15)13(16)17-14(2,3)4/h5-9H,1-4H3/b12-9-. The van der Waals surface area contributed by atoms with Crippen LogP contribution < -0.4 is 0 Å². The lowest BCUT2D eigenvalue weighted by atomic mass is 10.1. The highest BCUT2D eigenvalue weighted by Gasteiger charge is 2.19. The molecule has 1 aromatic carbocycles. The number of rotatable bonds is 2. The predicted octanol–water partition coefficient (Wildman–Crippen LogP) is 3.65. The minimum absolute atomic E-state index is 0.677. The molecule has 3 heteroatoms. The van der Waals surface area contributed by atoms with Crippen LogP contribution in [0.1, 0.15) is 31.9 Å². The molecule has 17 heavy (non-hydrogen) atoms. The average molecular weight is 236 g/mol. The molecule has 0 aliphatic heterocycles. The van der Waals surface area contributed by atoms with Gasteiger partial charge < -0.3 is 4.74 Å². The number of aryl methyl sites for hydroxylation is 1. The van der Waals surface area contributed by atoms with Gasteiger partial charge in [-0.05, 0) is 44.9 Å². The molecule has 0 atom stereocenters. The average Bonchev–Trinajstić information content (AvgIpc) is 2.18. The van der Waals surface area contributed by atoms with E-state index in [1.165, 1.54) is 6.08 Å². The van der Waals surface area contributed by atoms with Crippen LogP contribution in [-0.2, 0) is 9.53 Å². The molecule has 0 aliphatic rings. The Labute approximate surface area is 101 Å². The smallest absolute Gasteiger partial charge is 0.367 e.